The SMILES string of the molecule is COCCOCCCCN1CC(C)NCC1C(C)C. The first-order valence-electron chi connectivity index (χ1n) is 7.69. The monoisotopic (exact) mass is 272 g/mol. The lowest BCUT2D eigenvalue weighted by Crippen LogP contribution is -2.57. The predicted octanol–water partition coefficient (Wildman–Crippen LogP) is 1.75. The van der Waals surface area contributed by atoms with Crippen molar-refractivity contribution in [1.82, 2.24) is 10.2 Å². The Bertz CT molecular complexity index is 224. The smallest absolute Gasteiger partial charge is 0.0700 e. The van der Waals surface area contributed by atoms with Gasteiger partial charge in [0, 0.05) is 38.9 Å². The largest absolute Gasteiger partial charge is 0.382 e. The average Bonchev–Trinajstić information content (AvgIpc) is 2.37. The van der Waals surface area contributed by atoms with Gasteiger partial charge in [-0.3, -0.25) is 4.90 Å². The summed E-state index contributed by atoms with van der Waals surface area (Å²) in [6, 6.07) is 1.30. The molecule has 19 heavy (non-hydrogen) atoms. The standard InChI is InChI=1S/C15H32N2O2/c1-13(2)15-11-16-14(3)12-17(15)7-5-6-8-19-10-9-18-4/h13-16H,5-12H2,1-4H3. The highest BCUT2D eigenvalue weighted by Crippen LogP contribution is 2.15. The van der Waals surface area contributed by atoms with Gasteiger partial charge in [-0.1, -0.05) is 13.8 Å². The van der Waals surface area contributed by atoms with E-state index in [0.717, 1.165) is 32.1 Å². The second kappa shape index (κ2) is 9.70. The van der Waals surface area contributed by atoms with E-state index in [2.05, 4.69) is 31.0 Å². The molecule has 0 radical (unpaired) electrons. The minimum absolute atomic E-state index is 0.618. The second-order valence-electron chi connectivity index (χ2n) is 5.93. The third-order valence-corrected chi connectivity index (χ3v) is 3.84. The highest BCUT2D eigenvalue weighted by atomic mass is 16.5. The van der Waals surface area contributed by atoms with E-state index in [0.29, 0.717) is 18.7 Å². The normalized spacial score (nSPS) is 25.1. The van der Waals surface area contributed by atoms with Crippen LogP contribution in [0.4, 0.5) is 0 Å². The van der Waals surface area contributed by atoms with Gasteiger partial charge in [0.15, 0.2) is 0 Å². The van der Waals surface area contributed by atoms with Crippen LogP contribution in [0.2, 0.25) is 0 Å². The molecule has 1 saturated heterocycles. The average molecular weight is 272 g/mol. The molecule has 0 amide bonds. The fraction of sp³-hybridized carbons (Fsp3) is 1.00. The van der Waals surface area contributed by atoms with Gasteiger partial charge in [-0.05, 0) is 32.2 Å². The molecule has 1 fully saturated rings. The number of rotatable bonds is 9. The lowest BCUT2D eigenvalue weighted by molar-refractivity contribution is 0.0630. The lowest BCUT2D eigenvalue weighted by Gasteiger charge is -2.41. The number of hydrogen-bond donors (Lipinski definition) is 1. The van der Waals surface area contributed by atoms with Crippen LogP contribution in [-0.4, -0.2) is 63.5 Å². The van der Waals surface area contributed by atoms with Gasteiger partial charge in [0.1, 0.15) is 0 Å². The molecule has 1 rings (SSSR count). The molecule has 1 aliphatic rings. The fourth-order valence-electron chi connectivity index (χ4n) is 2.68. The van der Waals surface area contributed by atoms with Crippen molar-refractivity contribution in [2.45, 2.75) is 45.7 Å². The van der Waals surface area contributed by atoms with Crippen molar-refractivity contribution in [3.63, 3.8) is 0 Å². The highest BCUT2D eigenvalue weighted by Gasteiger charge is 2.27. The summed E-state index contributed by atoms with van der Waals surface area (Å²) in [5, 5.41) is 3.59. The molecule has 0 aromatic rings. The van der Waals surface area contributed by atoms with Crippen molar-refractivity contribution in [1.29, 1.82) is 0 Å². The summed E-state index contributed by atoms with van der Waals surface area (Å²) >= 11 is 0. The molecule has 1 heterocycles. The van der Waals surface area contributed by atoms with Crippen LogP contribution in [0.5, 0.6) is 0 Å². The third-order valence-electron chi connectivity index (χ3n) is 3.84. The topological polar surface area (TPSA) is 33.7 Å². The maximum atomic E-state index is 5.50. The maximum absolute atomic E-state index is 5.50. The molecular formula is C15H32N2O2. The number of piperazine rings is 1. The molecule has 0 aliphatic carbocycles. The molecule has 2 atom stereocenters. The van der Waals surface area contributed by atoms with Crippen molar-refractivity contribution in [2.24, 2.45) is 5.92 Å². The van der Waals surface area contributed by atoms with Crippen LogP contribution in [0, 0.1) is 5.92 Å². The van der Waals surface area contributed by atoms with Crippen LogP contribution in [0.3, 0.4) is 0 Å². The van der Waals surface area contributed by atoms with E-state index in [1.807, 2.05) is 0 Å². The van der Waals surface area contributed by atoms with Crippen molar-refractivity contribution in [3.05, 3.63) is 0 Å². The number of hydrogen-bond acceptors (Lipinski definition) is 4. The maximum Gasteiger partial charge on any atom is 0.0700 e. The summed E-state index contributed by atoms with van der Waals surface area (Å²) < 4.78 is 10.5. The van der Waals surface area contributed by atoms with Gasteiger partial charge >= 0.3 is 0 Å². The summed E-state index contributed by atoms with van der Waals surface area (Å²) in [4.78, 5) is 2.65. The number of unbranched alkanes of at least 4 members (excludes halogenated alkanes) is 1. The van der Waals surface area contributed by atoms with Gasteiger partial charge < -0.3 is 14.8 Å². The highest BCUT2D eigenvalue weighted by molar-refractivity contribution is 4.85. The molecule has 0 aromatic carbocycles. The summed E-state index contributed by atoms with van der Waals surface area (Å²) in [6.45, 7) is 12.7. The minimum atomic E-state index is 0.618. The molecule has 0 spiro atoms. The first kappa shape index (κ1) is 16.9. The lowest BCUT2D eigenvalue weighted by atomic mass is 9.98. The van der Waals surface area contributed by atoms with Crippen LogP contribution in [0.15, 0.2) is 0 Å². The molecule has 1 N–H and O–H groups in total. The zero-order valence-corrected chi connectivity index (χ0v) is 13.2. The van der Waals surface area contributed by atoms with Gasteiger partial charge in [0.2, 0.25) is 0 Å². The first-order chi connectivity index (χ1) is 9.15. The van der Waals surface area contributed by atoms with E-state index in [4.69, 9.17) is 9.47 Å². The Morgan fingerprint density at radius 3 is 2.68 bits per heavy atom. The van der Waals surface area contributed by atoms with Gasteiger partial charge in [-0.15, -0.1) is 0 Å². The van der Waals surface area contributed by atoms with Crippen molar-refractivity contribution >= 4 is 0 Å². The second-order valence-corrected chi connectivity index (χ2v) is 5.93. The van der Waals surface area contributed by atoms with Gasteiger partial charge in [0.25, 0.3) is 0 Å². The van der Waals surface area contributed by atoms with E-state index in [1.54, 1.807) is 7.11 Å². The zero-order chi connectivity index (χ0) is 14.1. The van der Waals surface area contributed by atoms with E-state index in [-0.39, 0.29) is 0 Å². The molecule has 0 aromatic heterocycles. The minimum Gasteiger partial charge on any atom is -0.382 e. The van der Waals surface area contributed by atoms with Gasteiger partial charge in [0.05, 0.1) is 13.2 Å². The number of nitrogens with zero attached hydrogens (tertiary/aromatic N) is 1. The molecule has 2 unspecified atom stereocenters. The van der Waals surface area contributed by atoms with E-state index in [9.17, 15) is 0 Å². The summed E-state index contributed by atoms with van der Waals surface area (Å²) in [6.07, 6.45) is 2.37. The molecule has 4 nitrogen and oxygen atoms in total. The van der Waals surface area contributed by atoms with E-state index in [1.165, 1.54) is 19.5 Å². The Labute approximate surface area is 118 Å². The third kappa shape index (κ3) is 6.70. The molecule has 0 saturated carbocycles. The molecule has 4 heteroatoms. The van der Waals surface area contributed by atoms with Gasteiger partial charge in [-0.25, -0.2) is 0 Å². The van der Waals surface area contributed by atoms with Crippen LogP contribution < -0.4 is 5.32 Å². The van der Waals surface area contributed by atoms with E-state index >= 15 is 0 Å². The zero-order valence-electron chi connectivity index (χ0n) is 13.2. The Morgan fingerprint density at radius 1 is 1.21 bits per heavy atom. The Balaban J connectivity index is 2.14. The van der Waals surface area contributed by atoms with Crippen LogP contribution in [0.1, 0.15) is 33.6 Å². The van der Waals surface area contributed by atoms with Crippen molar-refractivity contribution in [3.8, 4) is 0 Å². The molecule has 114 valence electrons. The fourth-order valence-corrected chi connectivity index (χ4v) is 2.68. The van der Waals surface area contributed by atoms with E-state index < -0.39 is 0 Å². The summed E-state index contributed by atoms with van der Waals surface area (Å²) in [5.41, 5.74) is 0. The molecular weight excluding hydrogens is 240 g/mol. The Morgan fingerprint density at radius 2 is 2.00 bits per heavy atom. The Hall–Kier alpha value is -0.160. The molecule has 0 bridgehead atoms. The number of nitrogens with one attached hydrogen (secondary N) is 1. The predicted molar refractivity (Wildman–Crippen MR) is 79.6 cm³/mol. The van der Waals surface area contributed by atoms with Crippen LogP contribution >= 0.6 is 0 Å². The van der Waals surface area contributed by atoms with Crippen molar-refractivity contribution in [2.75, 3.05) is 46.6 Å². The summed E-state index contributed by atoms with van der Waals surface area (Å²) in [7, 11) is 1.71. The molecule has 1 aliphatic heterocycles. The first-order valence-corrected chi connectivity index (χ1v) is 7.69. The quantitative estimate of drug-likeness (QED) is 0.648. The Kier molecular flexibility index (Phi) is 8.62. The van der Waals surface area contributed by atoms with Crippen LogP contribution in [0.25, 0.3) is 0 Å². The van der Waals surface area contributed by atoms with Gasteiger partial charge in [-0.2, -0.15) is 0 Å². The number of methoxy groups -OCH3 is 1. The number of ether oxygens (including phenoxy) is 2. The van der Waals surface area contributed by atoms with Crippen LogP contribution in [-0.2, 0) is 9.47 Å². The van der Waals surface area contributed by atoms with Crippen molar-refractivity contribution < 1.29 is 9.47 Å². The summed E-state index contributed by atoms with van der Waals surface area (Å²) in [5.74, 6) is 0.720.